The summed E-state index contributed by atoms with van der Waals surface area (Å²) < 4.78 is 1.39. The van der Waals surface area contributed by atoms with Gasteiger partial charge >= 0.3 is 0 Å². The van der Waals surface area contributed by atoms with Gasteiger partial charge in [-0.3, -0.25) is 0 Å². The van der Waals surface area contributed by atoms with Crippen LogP contribution in [0.3, 0.4) is 0 Å². The zero-order valence-electron chi connectivity index (χ0n) is 8.14. The van der Waals surface area contributed by atoms with E-state index in [1.165, 1.54) is 20.5 Å². The van der Waals surface area contributed by atoms with E-state index in [2.05, 4.69) is 47.2 Å². The van der Waals surface area contributed by atoms with Crippen LogP contribution in [0, 0.1) is 0 Å². The van der Waals surface area contributed by atoms with Crippen LogP contribution in [0.5, 0.6) is 0 Å². The third kappa shape index (κ3) is 1.83. The Labute approximate surface area is 96.8 Å². The summed E-state index contributed by atoms with van der Waals surface area (Å²) in [4.78, 5) is 1.45. The van der Waals surface area contributed by atoms with Crippen molar-refractivity contribution in [1.29, 1.82) is 0 Å². The first kappa shape index (κ1) is 9.13. The van der Waals surface area contributed by atoms with E-state index in [1.54, 1.807) is 11.3 Å². The Morgan fingerprint density at radius 3 is 2.80 bits per heavy atom. The minimum Gasteiger partial charge on any atom is -0.152 e. The lowest BCUT2D eigenvalue weighted by Gasteiger charge is -1.90. The van der Waals surface area contributed by atoms with E-state index in [1.807, 2.05) is 11.3 Å². The summed E-state index contributed by atoms with van der Waals surface area (Å²) in [6.07, 6.45) is 1.07. The molecule has 15 heavy (non-hydrogen) atoms. The Bertz CT molecular complexity index is 528. The smallest absolute Gasteiger partial charge is 0.0345 e. The van der Waals surface area contributed by atoms with Crippen LogP contribution in [0.4, 0.5) is 0 Å². The number of benzene rings is 1. The summed E-state index contributed by atoms with van der Waals surface area (Å²) in [6, 6.07) is 13.1. The van der Waals surface area contributed by atoms with E-state index in [0.717, 1.165) is 6.42 Å². The van der Waals surface area contributed by atoms with Crippen molar-refractivity contribution >= 4 is 32.8 Å². The molecule has 3 rings (SSSR count). The van der Waals surface area contributed by atoms with E-state index in [-0.39, 0.29) is 0 Å². The summed E-state index contributed by atoms with van der Waals surface area (Å²) >= 11 is 3.67. The molecule has 0 bridgehead atoms. The van der Waals surface area contributed by atoms with Crippen molar-refractivity contribution in [3.05, 3.63) is 57.6 Å². The average Bonchev–Trinajstić information content (AvgIpc) is 2.86. The molecule has 0 spiro atoms. The Morgan fingerprint density at radius 1 is 1.07 bits per heavy atom. The molecule has 0 unspecified atom stereocenters. The summed E-state index contributed by atoms with van der Waals surface area (Å²) in [5, 5.41) is 5.74. The molecule has 0 nitrogen and oxygen atoms in total. The van der Waals surface area contributed by atoms with E-state index in [9.17, 15) is 0 Å². The standard InChI is InChI=1S/C13H10S2/c1-2-4-13-11(3-1)8-12(15-13)7-10-5-6-14-9-10/h1-6,8-9H,7H2. The minimum absolute atomic E-state index is 1.07. The van der Waals surface area contributed by atoms with Gasteiger partial charge in [0.25, 0.3) is 0 Å². The summed E-state index contributed by atoms with van der Waals surface area (Å²) in [5.74, 6) is 0. The van der Waals surface area contributed by atoms with Crippen molar-refractivity contribution in [3.63, 3.8) is 0 Å². The van der Waals surface area contributed by atoms with Gasteiger partial charge in [-0.25, -0.2) is 0 Å². The molecule has 0 amide bonds. The molecule has 0 N–H and O–H groups in total. The number of hydrogen-bond acceptors (Lipinski definition) is 2. The van der Waals surface area contributed by atoms with Crippen LogP contribution in [-0.2, 0) is 6.42 Å². The molecule has 0 radical (unpaired) electrons. The van der Waals surface area contributed by atoms with Gasteiger partial charge in [-0.1, -0.05) is 18.2 Å². The van der Waals surface area contributed by atoms with E-state index in [0.29, 0.717) is 0 Å². The van der Waals surface area contributed by atoms with E-state index >= 15 is 0 Å². The molecule has 0 atom stereocenters. The van der Waals surface area contributed by atoms with Crippen molar-refractivity contribution in [3.8, 4) is 0 Å². The predicted octanol–water partition coefficient (Wildman–Crippen LogP) is 4.55. The highest BCUT2D eigenvalue weighted by Gasteiger charge is 2.02. The molecule has 0 aliphatic heterocycles. The first-order chi connectivity index (χ1) is 7.42. The second-order valence-corrected chi connectivity index (χ2v) is 5.51. The maximum Gasteiger partial charge on any atom is 0.0345 e. The molecule has 2 heterocycles. The second kappa shape index (κ2) is 3.80. The molecule has 0 saturated carbocycles. The maximum atomic E-state index is 2.30. The molecule has 1 aromatic carbocycles. The van der Waals surface area contributed by atoms with Crippen molar-refractivity contribution in [2.24, 2.45) is 0 Å². The van der Waals surface area contributed by atoms with Gasteiger partial charge in [-0.05, 0) is 39.9 Å². The predicted molar refractivity (Wildman–Crippen MR) is 69.0 cm³/mol. The Morgan fingerprint density at radius 2 is 2.00 bits per heavy atom. The SMILES string of the molecule is c1ccc2sc(Cc3ccsc3)cc2c1. The lowest BCUT2D eigenvalue weighted by molar-refractivity contribution is 1.27. The van der Waals surface area contributed by atoms with Gasteiger partial charge in [0.2, 0.25) is 0 Å². The summed E-state index contributed by atoms with van der Waals surface area (Å²) in [5.41, 5.74) is 1.42. The largest absolute Gasteiger partial charge is 0.152 e. The first-order valence-electron chi connectivity index (χ1n) is 4.90. The lowest BCUT2D eigenvalue weighted by Crippen LogP contribution is -1.77. The molecule has 0 aliphatic rings. The van der Waals surface area contributed by atoms with Crippen molar-refractivity contribution in [1.82, 2.24) is 0 Å². The zero-order valence-corrected chi connectivity index (χ0v) is 9.78. The van der Waals surface area contributed by atoms with Gasteiger partial charge in [0.05, 0.1) is 0 Å². The molecular formula is C13H10S2. The highest BCUT2D eigenvalue weighted by molar-refractivity contribution is 7.19. The fraction of sp³-hybridized carbons (Fsp3) is 0.0769. The Balaban J connectivity index is 1.98. The molecular weight excluding hydrogens is 220 g/mol. The quantitative estimate of drug-likeness (QED) is 0.605. The van der Waals surface area contributed by atoms with Gasteiger partial charge in [0, 0.05) is 16.0 Å². The maximum absolute atomic E-state index is 2.30. The zero-order chi connectivity index (χ0) is 10.1. The van der Waals surface area contributed by atoms with Crippen LogP contribution in [-0.4, -0.2) is 0 Å². The third-order valence-electron chi connectivity index (χ3n) is 2.44. The van der Waals surface area contributed by atoms with Crippen molar-refractivity contribution < 1.29 is 0 Å². The fourth-order valence-electron chi connectivity index (χ4n) is 1.72. The van der Waals surface area contributed by atoms with Crippen molar-refractivity contribution in [2.75, 3.05) is 0 Å². The lowest BCUT2D eigenvalue weighted by atomic mass is 10.2. The van der Waals surface area contributed by atoms with E-state index in [4.69, 9.17) is 0 Å². The minimum atomic E-state index is 1.07. The van der Waals surface area contributed by atoms with Crippen LogP contribution < -0.4 is 0 Å². The molecule has 2 heteroatoms. The van der Waals surface area contributed by atoms with Crippen LogP contribution in [0.25, 0.3) is 10.1 Å². The normalized spacial score (nSPS) is 10.9. The van der Waals surface area contributed by atoms with Gasteiger partial charge < -0.3 is 0 Å². The molecule has 2 aromatic heterocycles. The molecule has 0 aliphatic carbocycles. The highest BCUT2D eigenvalue weighted by Crippen LogP contribution is 2.27. The Kier molecular flexibility index (Phi) is 2.31. The third-order valence-corrected chi connectivity index (χ3v) is 4.28. The molecule has 3 aromatic rings. The topological polar surface area (TPSA) is 0 Å². The monoisotopic (exact) mass is 230 g/mol. The molecule has 0 saturated heterocycles. The summed E-state index contributed by atoms with van der Waals surface area (Å²) in [6.45, 7) is 0. The molecule has 74 valence electrons. The van der Waals surface area contributed by atoms with Gasteiger partial charge in [-0.15, -0.1) is 11.3 Å². The average molecular weight is 230 g/mol. The number of rotatable bonds is 2. The first-order valence-corrected chi connectivity index (χ1v) is 6.66. The number of thiophene rings is 2. The van der Waals surface area contributed by atoms with Crippen LogP contribution >= 0.6 is 22.7 Å². The van der Waals surface area contributed by atoms with Crippen molar-refractivity contribution in [2.45, 2.75) is 6.42 Å². The van der Waals surface area contributed by atoms with Crippen LogP contribution in [0.2, 0.25) is 0 Å². The highest BCUT2D eigenvalue weighted by atomic mass is 32.1. The number of fused-ring (bicyclic) bond motifs is 1. The van der Waals surface area contributed by atoms with Gasteiger partial charge in [-0.2, -0.15) is 11.3 Å². The van der Waals surface area contributed by atoms with E-state index < -0.39 is 0 Å². The van der Waals surface area contributed by atoms with Gasteiger partial charge in [0.1, 0.15) is 0 Å². The summed E-state index contributed by atoms with van der Waals surface area (Å²) in [7, 11) is 0. The van der Waals surface area contributed by atoms with Gasteiger partial charge in [0.15, 0.2) is 0 Å². The van der Waals surface area contributed by atoms with Crippen LogP contribution in [0.15, 0.2) is 47.2 Å². The number of hydrogen-bond donors (Lipinski definition) is 0. The Hall–Kier alpha value is -1.12. The second-order valence-electron chi connectivity index (χ2n) is 3.56. The van der Waals surface area contributed by atoms with Crippen LogP contribution in [0.1, 0.15) is 10.4 Å². The fourth-order valence-corrected chi connectivity index (χ4v) is 3.49. The molecule has 0 fully saturated rings.